The van der Waals surface area contributed by atoms with Gasteiger partial charge in [-0.25, -0.2) is 4.79 Å². The molecular formula is C18H16F3N3O5. The highest BCUT2D eigenvalue weighted by molar-refractivity contribution is 6.11. The maximum atomic E-state index is 12.9. The molecule has 1 N–H and O–H groups in total. The number of esters is 1. The van der Waals surface area contributed by atoms with E-state index in [9.17, 15) is 27.6 Å². The van der Waals surface area contributed by atoms with E-state index in [-0.39, 0.29) is 28.4 Å². The molecule has 0 saturated carbocycles. The van der Waals surface area contributed by atoms with Crippen molar-refractivity contribution in [3.63, 3.8) is 0 Å². The number of aromatic nitrogens is 1. The number of hydrogen-bond donors (Lipinski definition) is 1. The van der Waals surface area contributed by atoms with Crippen molar-refractivity contribution in [2.45, 2.75) is 33.1 Å². The number of carbonyl (C=O) groups excluding carboxylic acids is 3. The van der Waals surface area contributed by atoms with E-state index in [1.54, 1.807) is 0 Å². The zero-order valence-electron chi connectivity index (χ0n) is 15.6. The van der Waals surface area contributed by atoms with Crippen molar-refractivity contribution >= 4 is 29.2 Å². The summed E-state index contributed by atoms with van der Waals surface area (Å²) >= 11 is 0. The summed E-state index contributed by atoms with van der Waals surface area (Å²) in [5, 5.41) is 5.94. The second-order valence-electron chi connectivity index (χ2n) is 6.45. The fourth-order valence-corrected chi connectivity index (χ4v) is 2.93. The Labute approximate surface area is 162 Å². The van der Waals surface area contributed by atoms with Crippen molar-refractivity contribution in [2.75, 3.05) is 16.8 Å². The molecule has 2 aromatic rings. The smallest absolute Gasteiger partial charge is 0.416 e. The highest BCUT2D eigenvalue weighted by atomic mass is 19.4. The first-order chi connectivity index (χ1) is 13.5. The molecular weight excluding hydrogens is 395 g/mol. The summed E-state index contributed by atoms with van der Waals surface area (Å²) in [6.45, 7) is 3.91. The van der Waals surface area contributed by atoms with Crippen LogP contribution in [0.25, 0.3) is 0 Å². The summed E-state index contributed by atoms with van der Waals surface area (Å²) in [5.74, 6) is -2.05. The van der Waals surface area contributed by atoms with Crippen molar-refractivity contribution in [1.29, 1.82) is 0 Å². The molecule has 2 heterocycles. The lowest BCUT2D eigenvalue weighted by Gasteiger charge is -2.31. The largest absolute Gasteiger partial charge is 0.449 e. The van der Waals surface area contributed by atoms with Crippen LogP contribution in [0, 0.1) is 13.8 Å². The van der Waals surface area contributed by atoms with Gasteiger partial charge in [0, 0.05) is 0 Å². The number of halogens is 3. The Morgan fingerprint density at radius 1 is 1.31 bits per heavy atom. The molecule has 1 unspecified atom stereocenters. The zero-order chi connectivity index (χ0) is 21.5. The maximum absolute atomic E-state index is 12.9. The highest BCUT2D eigenvalue weighted by Crippen LogP contribution is 2.37. The first kappa shape index (κ1) is 20.4. The Morgan fingerprint density at radius 3 is 2.59 bits per heavy atom. The molecule has 3 rings (SSSR count). The standard InChI is InChI=1S/C18H16F3N3O5/c1-8-15(9(2)29-23-8)17(27)28-10(3)16(26)24-7-14(25)22-12-6-11(18(19,20)21)4-5-13(12)24/h4-6,10H,7H2,1-3H3,(H,22,25). The highest BCUT2D eigenvalue weighted by Gasteiger charge is 2.36. The Hall–Kier alpha value is -3.37. The van der Waals surface area contributed by atoms with Crippen molar-refractivity contribution in [3.8, 4) is 0 Å². The van der Waals surface area contributed by atoms with Crippen LogP contribution in [0.2, 0.25) is 0 Å². The van der Waals surface area contributed by atoms with Gasteiger partial charge in [-0.2, -0.15) is 13.2 Å². The molecule has 29 heavy (non-hydrogen) atoms. The van der Waals surface area contributed by atoms with Crippen LogP contribution in [0.5, 0.6) is 0 Å². The number of alkyl halides is 3. The molecule has 11 heteroatoms. The SMILES string of the molecule is Cc1noc(C)c1C(=O)OC(C)C(=O)N1CC(=O)Nc2cc(C(F)(F)F)ccc21. The van der Waals surface area contributed by atoms with Gasteiger partial charge in [0.2, 0.25) is 5.91 Å². The third-order valence-electron chi connectivity index (χ3n) is 4.33. The molecule has 1 atom stereocenters. The van der Waals surface area contributed by atoms with E-state index < -0.39 is 42.2 Å². The summed E-state index contributed by atoms with van der Waals surface area (Å²) in [4.78, 5) is 38.0. The van der Waals surface area contributed by atoms with Crippen LogP contribution in [0.3, 0.4) is 0 Å². The third kappa shape index (κ3) is 3.93. The van der Waals surface area contributed by atoms with Crippen LogP contribution in [-0.2, 0) is 20.5 Å². The summed E-state index contributed by atoms with van der Waals surface area (Å²) in [6, 6.07) is 2.63. The van der Waals surface area contributed by atoms with Crippen LogP contribution in [0.1, 0.15) is 34.3 Å². The molecule has 1 aliphatic rings. The van der Waals surface area contributed by atoms with Gasteiger partial charge in [-0.05, 0) is 39.0 Å². The van der Waals surface area contributed by atoms with Gasteiger partial charge in [0.05, 0.1) is 22.6 Å². The van der Waals surface area contributed by atoms with Gasteiger partial charge in [0.1, 0.15) is 17.9 Å². The number of hydrogen-bond acceptors (Lipinski definition) is 6. The van der Waals surface area contributed by atoms with Gasteiger partial charge < -0.3 is 14.6 Å². The summed E-state index contributed by atoms with van der Waals surface area (Å²) in [7, 11) is 0. The van der Waals surface area contributed by atoms with Gasteiger partial charge in [-0.3, -0.25) is 14.5 Å². The lowest BCUT2D eigenvalue weighted by atomic mass is 10.1. The molecule has 0 radical (unpaired) electrons. The fourth-order valence-electron chi connectivity index (χ4n) is 2.93. The normalized spacial score (nSPS) is 14.8. The Kier molecular flexibility index (Phi) is 5.07. The number of nitrogens with one attached hydrogen (secondary N) is 1. The van der Waals surface area contributed by atoms with E-state index in [0.29, 0.717) is 0 Å². The van der Waals surface area contributed by atoms with E-state index >= 15 is 0 Å². The first-order valence-corrected chi connectivity index (χ1v) is 8.45. The predicted molar refractivity (Wildman–Crippen MR) is 93.3 cm³/mol. The molecule has 0 bridgehead atoms. The summed E-state index contributed by atoms with van der Waals surface area (Å²) < 4.78 is 48.8. The van der Waals surface area contributed by atoms with Gasteiger partial charge in [0.15, 0.2) is 6.10 Å². The van der Waals surface area contributed by atoms with E-state index in [1.807, 2.05) is 0 Å². The van der Waals surface area contributed by atoms with Crippen LogP contribution >= 0.6 is 0 Å². The number of ether oxygens (including phenoxy) is 1. The van der Waals surface area contributed by atoms with Crippen molar-refractivity contribution in [2.24, 2.45) is 0 Å². The number of anilines is 2. The van der Waals surface area contributed by atoms with E-state index in [4.69, 9.17) is 9.26 Å². The van der Waals surface area contributed by atoms with Gasteiger partial charge in [-0.15, -0.1) is 0 Å². The Balaban J connectivity index is 1.84. The van der Waals surface area contributed by atoms with Gasteiger partial charge in [0.25, 0.3) is 5.91 Å². The molecule has 0 saturated heterocycles. The van der Waals surface area contributed by atoms with E-state index in [0.717, 1.165) is 23.1 Å². The number of rotatable bonds is 3. The molecule has 0 aliphatic carbocycles. The minimum Gasteiger partial charge on any atom is -0.449 e. The average molecular weight is 411 g/mol. The molecule has 0 fully saturated rings. The lowest BCUT2D eigenvalue weighted by Crippen LogP contribution is -2.47. The minimum atomic E-state index is -4.61. The molecule has 154 valence electrons. The van der Waals surface area contributed by atoms with Crippen LogP contribution in [0.15, 0.2) is 22.7 Å². The van der Waals surface area contributed by atoms with Gasteiger partial charge in [-0.1, -0.05) is 5.16 Å². The number of carbonyl (C=O) groups is 3. The molecule has 1 aromatic heterocycles. The number of fused-ring (bicyclic) bond motifs is 1. The van der Waals surface area contributed by atoms with Crippen molar-refractivity contribution < 1.29 is 36.8 Å². The van der Waals surface area contributed by atoms with Gasteiger partial charge >= 0.3 is 12.1 Å². The Morgan fingerprint density at radius 2 is 2.00 bits per heavy atom. The van der Waals surface area contributed by atoms with Crippen molar-refractivity contribution in [1.82, 2.24) is 5.16 Å². The average Bonchev–Trinajstić information content (AvgIpc) is 2.97. The zero-order valence-corrected chi connectivity index (χ0v) is 15.6. The number of nitrogens with zero attached hydrogens (tertiary/aromatic N) is 2. The van der Waals surface area contributed by atoms with Crippen LogP contribution in [0.4, 0.5) is 24.5 Å². The Bertz CT molecular complexity index is 980. The lowest BCUT2D eigenvalue weighted by molar-refractivity contribution is -0.137. The predicted octanol–water partition coefficient (Wildman–Crippen LogP) is 2.84. The van der Waals surface area contributed by atoms with E-state index in [1.165, 1.54) is 20.8 Å². The molecule has 2 amide bonds. The third-order valence-corrected chi connectivity index (χ3v) is 4.33. The number of aryl methyl sites for hydroxylation is 2. The summed E-state index contributed by atoms with van der Waals surface area (Å²) in [6.07, 6.45) is -5.92. The fraction of sp³-hybridized carbons (Fsp3) is 0.333. The monoisotopic (exact) mass is 411 g/mol. The topological polar surface area (TPSA) is 102 Å². The molecule has 0 spiro atoms. The number of benzene rings is 1. The number of amides is 2. The van der Waals surface area contributed by atoms with Crippen LogP contribution < -0.4 is 10.2 Å². The van der Waals surface area contributed by atoms with E-state index in [2.05, 4.69) is 10.5 Å². The van der Waals surface area contributed by atoms with Crippen molar-refractivity contribution in [3.05, 3.63) is 40.8 Å². The second kappa shape index (κ2) is 7.22. The molecule has 1 aliphatic heterocycles. The minimum absolute atomic E-state index is 0.0721. The second-order valence-corrected chi connectivity index (χ2v) is 6.45. The first-order valence-electron chi connectivity index (χ1n) is 8.45. The maximum Gasteiger partial charge on any atom is 0.416 e. The molecule has 8 nitrogen and oxygen atoms in total. The quantitative estimate of drug-likeness (QED) is 0.780. The van der Waals surface area contributed by atoms with Crippen LogP contribution in [-0.4, -0.2) is 35.6 Å². The summed E-state index contributed by atoms with van der Waals surface area (Å²) in [5.41, 5.74) is -0.689. The molecule has 1 aromatic carbocycles.